The molecular weight excluding hydrogens is 256 g/mol. The molecule has 0 aromatic carbocycles. The van der Waals surface area contributed by atoms with Crippen molar-refractivity contribution in [2.75, 3.05) is 0 Å². The summed E-state index contributed by atoms with van der Waals surface area (Å²) < 4.78 is 0. The molecule has 4 fully saturated rings. The van der Waals surface area contributed by atoms with Gasteiger partial charge in [-0.2, -0.15) is 0 Å². The van der Waals surface area contributed by atoms with Crippen LogP contribution in [0.25, 0.3) is 0 Å². The molecule has 4 atom stereocenters. The number of hydrogen-bond acceptors (Lipinski definition) is 1. The van der Waals surface area contributed by atoms with Gasteiger partial charge in [0.1, 0.15) is 0 Å². The lowest BCUT2D eigenvalue weighted by Crippen LogP contribution is -2.58. The zero-order valence-electron chi connectivity index (χ0n) is 13.8. The van der Waals surface area contributed by atoms with Crippen molar-refractivity contribution in [2.45, 2.75) is 65.7 Å². The second-order valence-electron chi connectivity index (χ2n) is 9.09. The van der Waals surface area contributed by atoms with Crippen molar-refractivity contribution in [1.82, 2.24) is 0 Å². The third kappa shape index (κ3) is 1.56. The van der Waals surface area contributed by atoms with Crippen molar-refractivity contribution < 1.29 is 4.79 Å². The van der Waals surface area contributed by atoms with Crippen LogP contribution in [0.4, 0.5) is 0 Å². The number of ketones is 1. The smallest absolute Gasteiger partial charge is 0.162 e. The Morgan fingerprint density at radius 1 is 1.19 bits per heavy atom. The zero-order chi connectivity index (χ0) is 15.0. The second-order valence-corrected chi connectivity index (χ2v) is 9.09. The Bertz CT molecular complexity index is 566. The number of allylic oxidation sites excluding steroid dienone is 3. The molecule has 0 aromatic rings. The van der Waals surface area contributed by atoms with Crippen LogP contribution in [0.1, 0.15) is 65.7 Å². The molecule has 0 heterocycles. The van der Waals surface area contributed by atoms with Crippen LogP contribution in [0.3, 0.4) is 0 Å². The quantitative estimate of drug-likeness (QED) is 0.567. The molecule has 21 heavy (non-hydrogen) atoms. The highest BCUT2D eigenvalue weighted by molar-refractivity contribution is 5.98. The molecule has 0 N–H and O–H groups in total. The maximum Gasteiger partial charge on any atom is 0.162 e. The largest absolute Gasteiger partial charge is 0.294 e. The third-order valence-corrected chi connectivity index (χ3v) is 7.62. The van der Waals surface area contributed by atoms with Crippen LogP contribution < -0.4 is 0 Å². The summed E-state index contributed by atoms with van der Waals surface area (Å²) in [6.45, 7) is 11.5. The second kappa shape index (κ2) is 3.91. The molecule has 114 valence electrons. The van der Waals surface area contributed by atoms with E-state index in [1.807, 2.05) is 0 Å². The third-order valence-electron chi connectivity index (χ3n) is 7.62. The molecule has 2 bridgehead atoms. The Labute approximate surface area is 128 Å². The predicted octanol–water partition coefficient (Wildman–Crippen LogP) is 5.07. The fourth-order valence-corrected chi connectivity index (χ4v) is 6.55. The molecule has 5 aliphatic rings. The summed E-state index contributed by atoms with van der Waals surface area (Å²) in [7, 11) is 0. The number of carbonyl (C=O) groups is 1. The van der Waals surface area contributed by atoms with Gasteiger partial charge in [0.2, 0.25) is 0 Å². The van der Waals surface area contributed by atoms with Gasteiger partial charge in [0.15, 0.2) is 5.78 Å². The summed E-state index contributed by atoms with van der Waals surface area (Å²) in [4.78, 5) is 13.1. The van der Waals surface area contributed by atoms with E-state index in [1.165, 1.54) is 43.3 Å². The Kier molecular flexibility index (Phi) is 2.57. The SMILES string of the molecule is C=C1C[C@]23CC[C@@H]1C[C@H]2[C@]1(C)CCCC(C)(C)C1=CC3=O. The maximum absolute atomic E-state index is 13.1. The van der Waals surface area contributed by atoms with E-state index in [0.29, 0.717) is 17.6 Å². The molecule has 0 radical (unpaired) electrons. The van der Waals surface area contributed by atoms with Gasteiger partial charge >= 0.3 is 0 Å². The first-order valence-electron chi connectivity index (χ1n) is 8.74. The number of rotatable bonds is 0. The first-order valence-corrected chi connectivity index (χ1v) is 8.74. The fraction of sp³-hybridized carbons (Fsp3) is 0.750. The van der Waals surface area contributed by atoms with E-state index < -0.39 is 0 Å². The number of carbonyl (C=O) groups excluding carboxylic acids is 1. The highest BCUT2D eigenvalue weighted by Crippen LogP contribution is 2.69. The molecule has 0 amide bonds. The lowest BCUT2D eigenvalue weighted by molar-refractivity contribution is -0.143. The summed E-state index contributed by atoms with van der Waals surface area (Å²) in [5.41, 5.74) is 3.21. The predicted molar refractivity (Wildman–Crippen MR) is 85.9 cm³/mol. The van der Waals surface area contributed by atoms with Gasteiger partial charge in [-0.1, -0.05) is 44.9 Å². The van der Waals surface area contributed by atoms with E-state index in [1.54, 1.807) is 0 Å². The molecule has 0 unspecified atom stereocenters. The highest BCUT2D eigenvalue weighted by Gasteiger charge is 2.63. The minimum Gasteiger partial charge on any atom is -0.294 e. The molecule has 1 heteroatoms. The molecule has 0 saturated heterocycles. The molecule has 0 aliphatic heterocycles. The molecule has 5 aliphatic carbocycles. The van der Waals surface area contributed by atoms with Crippen LogP contribution in [0.15, 0.2) is 23.8 Å². The van der Waals surface area contributed by atoms with Gasteiger partial charge in [-0.3, -0.25) is 4.79 Å². The Morgan fingerprint density at radius 3 is 2.67 bits per heavy atom. The van der Waals surface area contributed by atoms with Crippen LogP contribution >= 0.6 is 0 Å². The number of fused-ring (bicyclic) bond motifs is 3. The van der Waals surface area contributed by atoms with E-state index >= 15 is 0 Å². The average molecular weight is 284 g/mol. The monoisotopic (exact) mass is 284 g/mol. The van der Waals surface area contributed by atoms with Crippen molar-refractivity contribution in [3.8, 4) is 0 Å². The summed E-state index contributed by atoms with van der Waals surface area (Å²) in [6, 6.07) is 0. The van der Waals surface area contributed by atoms with Gasteiger partial charge in [-0.05, 0) is 67.3 Å². The fourth-order valence-electron chi connectivity index (χ4n) is 6.55. The summed E-state index contributed by atoms with van der Waals surface area (Å²) in [5, 5.41) is 0. The molecular formula is C20H28O. The Morgan fingerprint density at radius 2 is 1.95 bits per heavy atom. The van der Waals surface area contributed by atoms with Crippen LogP contribution in [0, 0.1) is 28.1 Å². The average Bonchev–Trinajstić information content (AvgIpc) is 2.42. The highest BCUT2D eigenvalue weighted by atomic mass is 16.1. The van der Waals surface area contributed by atoms with E-state index in [4.69, 9.17) is 0 Å². The minimum absolute atomic E-state index is 0.0858. The minimum atomic E-state index is -0.0858. The summed E-state index contributed by atoms with van der Waals surface area (Å²) in [5.74, 6) is 1.70. The van der Waals surface area contributed by atoms with Crippen molar-refractivity contribution in [3.05, 3.63) is 23.8 Å². The molecule has 1 nitrogen and oxygen atoms in total. The first kappa shape index (κ1) is 13.8. The van der Waals surface area contributed by atoms with E-state index in [9.17, 15) is 4.79 Å². The van der Waals surface area contributed by atoms with Crippen LogP contribution in [0.5, 0.6) is 0 Å². The lowest BCUT2D eigenvalue weighted by atomic mass is 9.40. The van der Waals surface area contributed by atoms with E-state index in [0.717, 1.165) is 12.8 Å². The first-order chi connectivity index (χ1) is 9.80. The number of hydrogen-bond donors (Lipinski definition) is 0. The van der Waals surface area contributed by atoms with Crippen molar-refractivity contribution in [3.63, 3.8) is 0 Å². The van der Waals surface area contributed by atoms with Crippen molar-refractivity contribution in [2.24, 2.45) is 28.1 Å². The normalized spacial score (nSPS) is 47.7. The topological polar surface area (TPSA) is 17.1 Å². The van der Waals surface area contributed by atoms with Crippen LogP contribution in [-0.4, -0.2) is 5.78 Å². The van der Waals surface area contributed by atoms with Crippen LogP contribution in [-0.2, 0) is 4.79 Å². The van der Waals surface area contributed by atoms with E-state index in [2.05, 4.69) is 33.4 Å². The van der Waals surface area contributed by atoms with Gasteiger partial charge in [0.05, 0.1) is 0 Å². The zero-order valence-corrected chi connectivity index (χ0v) is 13.8. The van der Waals surface area contributed by atoms with E-state index in [-0.39, 0.29) is 16.2 Å². The van der Waals surface area contributed by atoms with Gasteiger partial charge in [-0.15, -0.1) is 0 Å². The summed E-state index contributed by atoms with van der Waals surface area (Å²) >= 11 is 0. The summed E-state index contributed by atoms with van der Waals surface area (Å²) in [6.07, 6.45) is 10.4. The molecule has 1 spiro atoms. The lowest BCUT2D eigenvalue weighted by Gasteiger charge is -2.63. The Hall–Kier alpha value is -0.850. The van der Waals surface area contributed by atoms with Gasteiger partial charge < -0.3 is 0 Å². The standard InChI is InChI=1S/C20H28O/c1-13-12-20-9-6-14(13)10-16(20)19(4)8-5-7-18(2,3)15(19)11-17(20)21/h11,14,16H,1,5-10,12H2,2-4H3/t14-,16+,19-,20-/m1/s1. The van der Waals surface area contributed by atoms with Crippen LogP contribution in [0.2, 0.25) is 0 Å². The van der Waals surface area contributed by atoms with Gasteiger partial charge in [0.25, 0.3) is 0 Å². The van der Waals surface area contributed by atoms with Gasteiger partial charge in [0, 0.05) is 5.41 Å². The molecule has 5 rings (SSSR count). The molecule has 4 saturated carbocycles. The Balaban J connectivity index is 1.89. The van der Waals surface area contributed by atoms with Crippen molar-refractivity contribution in [1.29, 1.82) is 0 Å². The van der Waals surface area contributed by atoms with Crippen molar-refractivity contribution >= 4 is 5.78 Å². The van der Waals surface area contributed by atoms with Gasteiger partial charge in [-0.25, -0.2) is 0 Å². The molecule has 0 aromatic heterocycles. The maximum atomic E-state index is 13.1.